The van der Waals surface area contributed by atoms with E-state index in [0.29, 0.717) is 28.1 Å². The molecule has 0 aromatic heterocycles. The number of anilines is 2. The number of hydrogen-bond donors (Lipinski definition) is 3. The summed E-state index contributed by atoms with van der Waals surface area (Å²) in [6.07, 6.45) is 1.08. The molecule has 0 bridgehead atoms. The third-order valence-electron chi connectivity index (χ3n) is 5.89. The van der Waals surface area contributed by atoms with Crippen LogP contribution in [0.2, 0.25) is 0 Å². The second kappa shape index (κ2) is 11.6. The maximum absolute atomic E-state index is 12.9. The van der Waals surface area contributed by atoms with Crippen LogP contribution in [0.4, 0.5) is 11.4 Å². The number of hydrogen-bond acceptors (Lipinski definition) is 5. The molecular weight excluding hydrogens is 512 g/mol. The van der Waals surface area contributed by atoms with Crippen LogP contribution < -0.4 is 15.4 Å². The molecular formula is C30H26N4O4S. The van der Waals surface area contributed by atoms with Gasteiger partial charge in [0, 0.05) is 29.0 Å². The fraction of sp³-hybridized carbons (Fsp3) is 0.100. The Hall–Kier alpha value is -4.94. The Morgan fingerprint density at radius 2 is 1.51 bits per heavy atom. The zero-order chi connectivity index (χ0) is 28.0. The van der Waals surface area contributed by atoms with Gasteiger partial charge >= 0.3 is 0 Å². The van der Waals surface area contributed by atoms with Crippen molar-refractivity contribution in [3.8, 4) is 17.2 Å². The smallest absolute Gasteiger partial charge is 0.255 e. The van der Waals surface area contributed by atoms with Crippen LogP contribution in [0.15, 0.2) is 91.0 Å². The maximum atomic E-state index is 12.9. The molecule has 4 aromatic rings. The van der Waals surface area contributed by atoms with Crippen molar-refractivity contribution in [1.82, 2.24) is 5.32 Å². The Morgan fingerprint density at radius 3 is 2.23 bits per heavy atom. The zero-order valence-electron chi connectivity index (χ0n) is 21.4. The summed E-state index contributed by atoms with van der Waals surface area (Å²) in [6.45, 7) is 2.17. The first-order valence-electron chi connectivity index (χ1n) is 12.0. The van der Waals surface area contributed by atoms with Gasteiger partial charge in [-0.1, -0.05) is 36.4 Å². The van der Waals surface area contributed by atoms with Crippen molar-refractivity contribution in [1.29, 1.82) is 5.26 Å². The molecule has 0 atom stereocenters. The molecule has 0 aliphatic rings. The van der Waals surface area contributed by atoms with Gasteiger partial charge in [0.05, 0.1) is 17.9 Å². The van der Waals surface area contributed by atoms with Crippen LogP contribution in [0, 0.1) is 18.3 Å². The number of nitrogens with one attached hydrogen (secondary N) is 3. The van der Waals surface area contributed by atoms with Crippen LogP contribution in [0.25, 0.3) is 11.1 Å². The van der Waals surface area contributed by atoms with Crippen LogP contribution in [-0.2, 0) is 16.6 Å². The lowest BCUT2D eigenvalue weighted by Crippen LogP contribution is -2.23. The highest BCUT2D eigenvalue weighted by Crippen LogP contribution is 2.26. The van der Waals surface area contributed by atoms with E-state index in [1.54, 1.807) is 72.8 Å². The molecule has 0 radical (unpaired) electrons. The number of aryl methyl sites for hydroxylation is 1. The molecule has 0 aliphatic carbocycles. The molecule has 4 aromatic carbocycles. The van der Waals surface area contributed by atoms with Crippen molar-refractivity contribution in [2.24, 2.45) is 0 Å². The van der Waals surface area contributed by atoms with Crippen molar-refractivity contribution in [2.45, 2.75) is 13.5 Å². The predicted molar refractivity (Wildman–Crippen MR) is 152 cm³/mol. The first-order chi connectivity index (χ1) is 18.6. The number of benzene rings is 4. The zero-order valence-corrected chi connectivity index (χ0v) is 22.2. The van der Waals surface area contributed by atoms with Gasteiger partial charge in [0.1, 0.15) is 0 Å². The topological polar surface area (TPSA) is 128 Å². The molecule has 196 valence electrons. The summed E-state index contributed by atoms with van der Waals surface area (Å²) in [4.78, 5) is 25.6. The summed E-state index contributed by atoms with van der Waals surface area (Å²) in [5, 5.41) is 14.7. The van der Waals surface area contributed by atoms with Gasteiger partial charge in [0.15, 0.2) is 0 Å². The van der Waals surface area contributed by atoms with E-state index >= 15 is 0 Å². The van der Waals surface area contributed by atoms with E-state index in [2.05, 4.69) is 15.4 Å². The third kappa shape index (κ3) is 7.31. The van der Waals surface area contributed by atoms with Gasteiger partial charge in [-0.2, -0.15) is 5.26 Å². The van der Waals surface area contributed by atoms with Gasteiger partial charge < -0.3 is 10.6 Å². The molecule has 0 fully saturated rings. The Morgan fingerprint density at radius 1 is 0.821 bits per heavy atom. The van der Waals surface area contributed by atoms with Crippen LogP contribution in [0.3, 0.4) is 0 Å². The molecule has 39 heavy (non-hydrogen) atoms. The standard InChI is InChI=1S/C30H26N4O4S/c1-20-9-10-25(29(35)32-19-22-6-4-8-27(16-22)34-39(2,37)38)17-28(20)23-11-13-24(14-12-23)30(36)33-26-7-3-5-21(15-26)18-31/h3-17,34H,19H2,1-2H3,(H,32,35)(H,33,36). The van der Waals surface area contributed by atoms with Crippen molar-refractivity contribution in [3.63, 3.8) is 0 Å². The normalized spacial score (nSPS) is 10.8. The van der Waals surface area contributed by atoms with Gasteiger partial charge in [-0.25, -0.2) is 8.42 Å². The molecule has 2 amide bonds. The first kappa shape index (κ1) is 27.1. The van der Waals surface area contributed by atoms with Crippen molar-refractivity contribution >= 4 is 33.2 Å². The average Bonchev–Trinajstić information content (AvgIpc) is 2.91. The average molecular weight is 539 g/mol. The van der Waals surface area contributed by atoms with E-state index in [4.69, 9.17) is 5.26 Å². The SMILES string of the molecule is Cc1ccc(C(=O)NCc2cccc(NS(C)(=O)=O)c2)cc1-c1ccc(C(=O)Nc2cccc(C#N)c2)cc1. The number of nitrogens with zero attached hydrogens (tertiary/aromatic N) is 1. The largest absolute Gasteiger partial charge is 0.348 e. The lowest BCUT2D eigenvalue weighted by molar-refractivity contribution is 0.0950. The van der Waals surface area contributed by atoms with Crippen molar-refractivity contribution in [2.75, 3.05) is 16.3 Å². The monoisotopic (exact) mass is 538 g/mol. The summed E-state index contributed by atoms with van der Waals surface area (Å²) in [5.41, 5.74) is 5.78. The Kier molecular flexibility index (Phi) is 8.08. The Labute approximate surface area is 227 Å². The first-order valence-corrected chi connectivity index (χ1v) is 13.9. The maximum Gasteiger partial charge on any atom is 0.255 e. The number of sulfonamides is 1. The van der Waals surface area contributed by atoms with Crippen LogP contribution in [0.1, 0.15) is 37.4 Å². The van der Waals surface area contributed by atoms with Gasteiger partial charge in [0.25, 0.3) is 11.8 Å². The van der Waals surface area contributed by atoms with Crippen LogP contribution >= 0.6 is 0 Å². The number of carbonyl (C=O) groups excluding carboxylic acids is 2. The van der Waals surface area contributed by atoms with Gasteiger partial charge in [-0.05, 0) is 83.8 Å². The number of rotatable bonds is 8. The summed E-state index contributed by atoms with van der Waals surface area (Å²) >= 11 is 0. The molecule has 4 rings (SSSR count). The highest BCUT2D eigenvalue weighted by Gasteiger charge is 2.12. The molecule has 0 saturated heterocycles. The summed E-state index contributed by atoms with van der Waals surface area (Å²) in [7, 11) is -3.40. The molecule has 0 unspecified atom stereocenters. The van der Waals surface area contributed by atoms with Gasteiger partial charge in [0.2, 0.25) is 10.0 Å². The quantitative estimate of drug-likeness (QED) is 0.288. The van der Waals surface area contributed by atoms with E-state index in [-0.39, 0.29) is 18.4 Å². The van der Waals surface area contributed by atoms with E-state index in [9.17, 15) is 18.0 Å². The van der Waals surface area contributed by atoms with E-state index in [1.165, 1.54) is 0 Å². The number of amides is 2. The van der Waals surface area contributed by atoms with Gasteiger partial charge in [-0.3, -0.25) is 14.3 Å². The second-order valence-electron chi connectivity index (χ2n) is 9.01. The minimum Gasteiger partial charge on any atom is -0.348 e. The Bertz CT molecular complexity index is 1690. The third-order valence-corrected chi connectivity index (χ3v) is 6.50. The molecule has 9 heteroatoms. The molecule has 0 saturated carbocycles. The fourth-order valence-corrected chi connectivity index (χ4v) is 4.54. The number of nitriles is 1. The highest BCUT2D eigenvalue weighted by atomic mass is 32.2. The summed E-state index contributed by atoms with van der Waals surface area (Å²) in [6, 6.07) is 28.0. The van der Waals surface area contributed by atoms with E-state index in [1.807, 2.05) is 31.2 Å². The minimum atomic E-state index is -3.40. The van der Waals surface area contributed by atoms with Crippen LogP contribution in [-0.4, -0.2) is 26.5 Å². The lowest BCUT2D eigenvalue weighted by Gasteiger charge is -2.12. The van der Waals surface area contributed by atoms with Crippen LogP contribution in [0.5, 0.6) is 0 Å². The van der Waals surface area contributed by atoms with E-state index in [0.717, 1.165) is 28.5 Å². The molecule has 0 spiro atoms. The highest BCUT2D eigenvalue weighted by molar-refractivity contribution is 7.92. The van der Waals surface area contributed by atoms with Crippen molar-refractivity contribution in [3.05, 3.63) is 119 Å². The van der Waals surface area contributed by atoms with Gasteiger partial charge in [-0.15, -0.1) is 0 Å². The molecule has 8 nitrogen and oxygen atoms in total. The van der Waals surface area contributed by atoms with E-state index < -0.39 is 10.0 Å². The molecule has 0 heterocycles. The lowest BCUT2D eigenvalue weighted by atomic mass is 9.97. The fourth-order valence-electron chi connectivity index (χ4n) is 3.99. The molecule has 3 N–H and O–H groups in total. The Balaban J connectivity index is 1.45. The van der Waals surface area contributed by atoms with Crippen molar-refractivity contribution < 1.29 is 18.0 Å². The second-order valence-corrected chi connectivity index (χ2v) is 10.8. The molecule has 0 aliphatic heterocycles. The number of carbonyl (C=O) groups is 2. The minimum absolute atomic E-state index is 0.225. The predicted octanol–water partition coefficient (Wildman–Crippen LogP) is 5.09. The summed E-state index contributed by atoms with van der Waals surface area (Å²) < 4.78 is 25.4. The summed E-state index contributed by atoms with van der Waals surface area (Å²) in [5.74, 6) is -0.564.